The molecule has 0 amide bonds. The van der Waals surface area contributed by atoms with E-state index in [0.717, 1.165) is 5.75 Å². The van der Waals surface area contributed by atoms with Crippen LogP contribution in [-0.4, -0.2) is 12.5 Å². The quantitative estimate of drug-likeness (QED) is 0.378. The van der Waals surface area contributed by atoms with E-state index in [2.05, 4.69) is 90.7 Å². The van der Waals surface area contributed by atoms with Crippen LogP contribution in [0.5, 0.6) is 0 Å². The topological polar surface area (TPSA) is 68.9 Å². The van der Waals surface area contributed by atoms with Gasteiger partial charge >= 0.3 is 33.9 Å². The summed E-state index contributed by atoms with van der Waals surface area (Å²) in [6.07, 6.45) is 8.80. The fourth-order valence-corrected chi connectivity index (χ4v) is 3.21. The molecule has 28 heavy (non-hydrogen) atoms. The van der Waals surface area contributed by atoms with E-state index in [1.165, 1.54) is 17.4 Å². The third-order valence-corrected chi connectivity index (χ3v) is 4.77. The van der Waals surface area contributed by atoms with Crippen molar-refractivity contribution in [1.82, 2.24) is 0 Å². The summed E-state index contributed by atoms with van der Waals surface area (Å²) in [5, 5.41) is 0. The maximum Gasteiger partial charge on any atom is 0 e. The van der Waals surface area contributed by atoms with Gasteiger partial charge in [0.05, 0.1) is 0 Å². The van der Waals surface area contributed by atoms with Crippen LogP contribution in [0, 0.1) is 62.9 Å². The van der Waals surface area contributed by atoms with E-state index in [9.17, 15) is 0 Å². The molecule has 1 aliphatic rings. The smallest absolute Gasteiger partial charge is 0 e. The normalized spacial score (nSPS) is 14.9. The number of thioether (sulfide) groups is 1. The van der Waals surface area contributed by atoms with Gasteiger partial charge in [0, 0.05) is 36.1 Å². The first-order chi connectivity index (χ1) is 13.0. The molecule has 2 rings (SSSR count). The molecule has 0 aliphatic heterocycles. The molecular weight excluding hydrogens is 412 g/mol. The summed E-state index contributed by atoms with van der Waals surface area (Å²) >= 11 is 1.82. The van der Waals surface area contributed by atoms with E-state index in [4.69, 9.17) is 18.7 Å². The van der Waals surface area contributed by atoms with Crippen molar-refractivity contribution in [2.24, 2.45) is 5.41 Å². The number of hydrogen-bond acceptors (Lipinski definition) is 2. The molecule has 0 saturated heterocycles. The first-order valence-electron chi connectivity index (χ1n) is 7.90. The summed E-state index contributed by atoms with van der Waals surface area (Å²) in [6, 6.07) is 10.5. The minimum Gasteiger partial charge on any atom is 0 e. The standard InChI is InChI=1S/C19H24OS.3CO.Cr/c1-19(2,3)17-12-10-16(11-13-17)18(20-4)21-14-15-8-6-5-7-9-15;3*1-2;/h5-13,18H,14H2,1-4H3;;;;. The predicted molar refractivity (Wildman–Crippen MR) is 103 cm³/mol. The van der Waals surface area contributed by atoms with Gasteiger partial charge in [-0.05, 0) is 42.6 Å². The van der Waals surface area contributed by atoms with Crippen LogP contribution in [0.15, 0.2) is 30.3 Å². The summed E-state index contributed by atoms with van der Waals surface area (Å²) in [7, 11) is 1.78. The first kappa shape index (κ1) is 32.0. The Kier molecular flexibility index (Phi) is 22.4. The Bertz CT molecular complexity index is 515. The van der Waals surface area contributed by atoms with Crippen molar-refractivity contribution in [2.75, 3.05) is 7.11 Å². The van der Waals surface area contributed by atoms with Crippen molar-refractivity contribution in [3.8, 4) is 0 Å². The number of hydrogen-bond donors (Lipinski definition) is 0. The fraction of sp³-hybridized carbons (Fsp3) is 0.318. The molecule has 1 atom stereocenters. The van der Waals surface area contributed by atoms with E-state index in [1.807, 2.05) is 17.8 Å². The zero-order valence-electron chi connectivity index (χ0n) is 16.4. The van der Waals surface area contributed by atoms with Gasteiger partial charge in [0.15, 0.2) is 0 Å². The van der Waals surface area contributed by atoms with Gasteiger partial charge in [-0.2, -0.15) is 0 Å². The Morgan fingerprint density at radius 2 is 1.36 bits per heavy atom. The molecule has 0 heterocycles. The van der Waals surface area contributed by atoms with Gasteiger partial charge in [-0.25, -0.2) is 0 Å². The molecule has 1 unspecified atom stereocenters. The molecule has 0 N–H and O–H groups in total. The second-order valence-corrected chi connectivity index (χ2v) is 7.29. The average Bonchev–Trinajstić information content (AvgIpc) is 2.73. The van der Waals surface area contributed by atoms with Crippen LogP contribution in [0.3, 0.4) is 0 Å². The number of rotatable bonds is 5. The Morgan fingerprint density at radius 1 is 0.893 bits per heavy atom. The van der Waals surface area contributed by atoms with E-state index in [0.29, 0.717) is 0 Å². The molecule has 1 saturated carbocycles. The van der Waals surface area contributed by atoms with Crippen LogP contribution < -0.4 is 0 Å². The van der Waals surface area contributed by atoms with Gasteiger partial charge in [0.1, 0.15) is 5.44 Å². The third kappa shape index (κ3) is 12.7. The minimum atomic E-state index is 0. The maximum absolute atomic E-state index is 7.50. The molecule has 1 fully saturated rings. The molecule has 0 spiro atoms. The number of benzene rings is 1. The monoisotopic (exact) mass is 436 g/mol. The molecule has 6 heteroatoms. The second kappa shape index (κ2) is 19.6. The Labute approximate surface area is 185 Å². The molecule has 1 aromatic rings. The van der Waals surface area contributed by atoms with Crippen molar-refractivity contribution in [3.63, 3.8) is 0 Å². The fourth-order valence-electron chi connectivity index (χ4n) is 2.19. The Balaban J connectivity index is -0.000000815. The van der Waals surface area contributed by atoms with Crippen molar-refractivity contribution < 1.29 is 36.1 Å². The average molecular weight is 436 g/mol. The van der Waals surface area contributed by atoms with E-state index < -0.39 is 0 Å². The molecule has 6 radical (unpaired) electrons. The summed E-state index contributed by atoms with van der Waals surface area (Å²) in [6.45, 7) is 20.2. The van der Waals surface area contributed by atoms with Crippen LogP contribution >= 0.6 is 11.8 Å². The van der Waals surface area contributed by atoms with Gasteiger partial charge < -0.3 is 4.74 Å². The van der Waals surface area contributed by atoms with Crippen molar-refractivity contribution in [3.05, 3.63) is 93.4 Å². The summed E-state index contributed by atoms with van der Waals surface area (Å²) < 4.78 is 28.1. The molecule has 148 valence electrons. The maximum atomic E-state index is 7.50. The zero-order chi connectivity index (χ0) is 21.3. The summed E-state index contributed by atoms with van der Waals surface area (Å²) in [5.74, 6) is 3.54. The Morgan fingerprint density at radius 3 is 1.75 bits per heavy atom. The van der Waals surface area contributed by atoms with E-state index in [-0.39, 0.29) is 28.2 Å². The minimum absolute atomic E-state index is 0. The molecule has 0 bridgehead atoms. The van der Waals surface area contributed by atoms with Crippen molar-refractivity contribution in [2.45, 2.75) is 32.0 Å². The predicted octanol–water partition coefficient (Wildman–Crippen LogP) is 4.80. The SMILES string of the molecule is COC(SCc1ccccc1)[C]1[CH][CH][C](C(C)(C)C)[CH][CH]1.[C-]#[O+].[C-]#[O+].[C-]#[O+].[Cr]. The van der Waals surface area contributed by atoms with E-state index >= 15 is 0 Å². The van der Waals surface area contributed by atoms with E-state index in [1.54, 1.807) is 7.11 Å². The number of methoxy groups -OCH3 is 1. The van der Waals surface area contributed by atoms with Gasteiger partial charge in [0.2, 0.25) is 0 Å². The summed E-state index contributed by atoms with van der Waals surface area (Å²) in [5.41, 5.74) is 1.60. The summed E-state index contributed by atoms with van der Waals surface area (Å²) in [4.78, 5) is 0. The van der Waals surface area contributed by atoms with Gasteiger partial charge in [-0.3, -0.25) is 0 Å². The molecular formula is C22H24CrO4S. The van der Waals surface area contributed by atoms with Crippen molar-refractivity contribution in [1.29, 1.82) is 0 Å². The van der Waals surface area contributed by atoms with Gasteiger partial charge in [-0.1, -0.05) is 51.1 Å². The van der Waals surface area contributed by atoms with Crippen LogP contribution in [-0.2, 0) is 41.8 Å². The zero-order valence-corrected chi connectivity index (χ0v) is 18.5. The molecule has 0 aromatic heterocycles. The second-order valence-electron chi connectivity index (χ2n) is 6.24. The van der Waals surface area contributed by atoms with Gasteiger partial charge in [-0.15, -0.1) is 11.8 Å². The largest absolute Gasteiger partial charge is 0 e. The van der Waals surface area contributed by atoms with Crippen LogP contribution in [0.1, 0.15) is 26.3 Å². The number of ether oxygens (including phenoxy) is 1. The van der Waals surface area contributed by atoms with Gasteiger partial charge in [0.25, 0.3) is 0 Å². The third-order valence-electron chi connectivity index (χ3n) is 3.51. The van der Waals surface area contributed by atoms with Crippen LogP contribution in [0.4, 0.5) is 0 Å². The Hall–Kier alpha value is -0.718. The van der Waals surface area contributed by atoms with Crippen LogP contribution in [0.2, 0.25) is 0 Å². The first-order valence-corrected chi connectivity index (χ1v) is 8.95. The van der Waals surface area contributed by atoms with Crippen LogP contribution in [0.25, 0.3) is 0 Å². The molecule has 1 aromatic carbocycles. The molecule has 1 aliphatic carbocycles. The van der Waals surface area contributed by atoms with Crippen molar-refractivity contribution >= 4 is 11.8 Å². The molecule has 4 nitrogen and oxygen atoms in total.